The summed E-state index contributed by atoms with van der Waals surface area (Å²) in [5, 5.41) is 3.18. The molecule has 32 heavy (non-hydrogen) atoms. The average molecular weight is 443 g/mol. The molecular weight excluding hydrogens is 416 g/mol. The van der Waals surface area contributed by atoms with Crippen molar-refractivity contribution in [2.45, 2.75) is 32.3 Å². The predicted molar refractivity (Wildman–Crippen MR) is 117 cm³/mol. The molecule has 2 aliphatic rings. The quantitative estimate of drug-likeness (QED) is 0.714. The highest BCUT2D eigenvalue weighted by molar-refractivity contribution is 6.00. The van der Waals surface area contributed by atoms with Crippen molar-refractivity contribution in [3.8, 4) is 5.75 Å². The number of piperazine rings is 1. The molecule has 4 rings (SSSR count). The van der Waals surface area contributed by atoms with E-state index in [9.17, 15) is 18.4 Å². The standard InChI is InChI=1S/C24H27F2N3O3/c25-24(26)32-19-11-9-18(10-12-19)27-21-8-4-3-7-20(21)23(31)29-15-13-28(14-16-29)22(30)17-5-1-2-6-17/h3-4,7-12,17,24,27H,1-2,5-6,13-16H2. The monoisotopic (exact) mass is 443 g/mol. The van der Waals surface area contributed by atoms with Crippen molar-refractivity contribution >= 4 is 23.2 Å². The second kappa shape index (κ2) is 9.97. The molecule has 2 aromatic rings. The van der Waals surface area contributed by atoms with Gasteiger partial charge in [-0.2, -0.15) is 8.78 Å². The third-order valence-corrected chi connectivity index (χ3v) is 6.10. The molecule has 0 bridgehead atoms. The van der Waals surface area contributed by atoms with E-state index in [1.807, 2.05) is 11.0 Å². The summed E-state index contributed by atoms with van der Waals surface area (Å²) in [6.07, 6.45) is 4.21. The Bertz CT molecular complexity index is 938. The van der Waals surface area contributed by atoms with Crippen LogP contribution < -0.4 is 10.1 Å². The Labute approximate surface area is 186 Å². The van der Waals surface area contributed by atoms with Crippen molar-refractivity contribution < 1.29 is 23.1 Å². The van der Waals surface area contributed by atoms with Crippen LogP contribution in [0.3, 0.4) is 0 Å². The maximum Gasteiger partial charge on any atom is 0.387 e. The molecule has 170 valence electrons. The number of hydrogen-bond acceptors (Lipinski definition) is 4. The van der Waals surface area contributed by atoms with Gasteiger partial charge in [-0.1, -0.05) is 25.0 Å². The van der Waals surface area contributed by atoms with Crippen molar-refractivity contribution in [3.63, 3.8) is 0 Å². The number of halogens is 2. The van der Waals surface area contributed by atoms with Crippen molar-refractivity contribution in [1.29, 1.82) is 0 Å². The van der Waals surface area contributed by atoms with Crippen molar-refractivity contribution in [2.24, 2.45) is 5.92 Å². The lowest BCUT2D eigenvalue weighted by atomic mass is 10.1. The molecule has 0 atom stereocenters. The number of carbonyl (C=O) groups is 2. The van der Waals surface area contributed by atoms with Crippen LogP contribution >= 0.6 is 0 Å². The molecule has 0 spiro atoms. The van der Waals surface area contributed by atoms with E-state index in [2.05, 4.69) is 10.1 Å². The second-order valence-corrected chi connectivity index (χ2v) is 8.17. The molecule has 6 nitrogen and oxygen atoms in total. The minimum atomic E-state index is -2.87. The van der Waals surface area contributed by atoms with Crippen molar-refractivity contribution in [1.82, 2.24) is 9.80 Å². The molecule has 1 saturated carbocycles. The fourth-order valence-electron chi connectivity index (χ4n) is 4.39. The number of amides is 2. The molecule has 0 aromatic heterocycles. The van der Waals surface area contributed by atoms with Gasteiger partial charge in [0.05, 0.1) is 11.3 Å². The predicted octanol–water partition coefficient (Wildman–Crippen LogP) is 4.51. The number of alkyl halides is 2. The van der Waals surface area contributed by atoms with Gasteiger partial charge in [-0.15, -0.1) is 0 Å². The van der Waals surface area contributed by atoms with Crippen molar-refractivity contribution in [2.75, 3.05) is 31.5 Å². The van der Waals surface area contributed by atoms with Crippen LogP contribution in [0.25, 0.3) is 0 Å². The van der Waals surface area contributed by atoms with Crippen LogP contribution in [0.15, 0.2) is 48.5 Å². The number of para-hydroxylation sites is 1. The highest BCUT2D eigenvalue weighted by Gasteiger charge is 2.31. The lowest BCUT2D eigenvalue weighted by molar-refractivity contribution is -0.136. The average Bonchev–Trinajstić information content (AvgIpc) is 3.35. The molecule has 2 aromatic carbocycles. The summed E-state index contributed by atoms with van der Waals surface area (Å²) in [5.74, 6) is 0.356. The summed E-state index contributed by atoms with van der Waals surface area (Å²) >= 11 is 0. The first-order valence-electron chi connectivity index (χ1n) is 11.0. The van der Waals surface area contributed by atoms with Crippen LogP contribution in [0, 0.1) is 5.92 Å². The van der Waals surface area contributed by atoms with Crippen LogP contribution in [-0.4, -0.2) is 54.4 Å². The van der Waals surface area contributed by atoms with E-state index in [0.29, 0.717) is 43.1 Å². The Morgan fingerprint density at radius 1 is 0.906 bits per heavy atom. The summed E-state index contributed by atoms with van der Waals surface area (Å²) in [7, 11) is 0. The van der Waals surface area contributed by atoms with Gasteiger partial charge in [0.1, 0.15) is 5.75 Å². The summed E-state index contributed by atoms with van der Waals surface area (Å²) < 4.78 is 29.0. The van der Waals surface area contributed by atoms with Crippen LogP contribution in [0.5, 0.6) is 5.75 Å². The molecule has 1 N–H and O–H groups in total. The smallest absolute Gasteiger partial charge is 0.387 e. The van der Waals surface area contributed by atoms with E-state index in [1.54, 1.807) is 35.2 Å². The first-order valence-corrected chi connectivity index (χ1v) is 11.0. The van der Waals surface area contributed by atoms with Crippen LogP contribution in [0.1, 0.15) is 36.0 Å². The Morgan fingerprint density at radius 3 is 2.19 bits per heavy atom. The molecule has 1 aliphatic heterocycles. The maximum atomic E-state index is 13.2. The topological polar surface area (TPSA) is 61.9 Å². The zero-order valence-electron chi connectivity index (χ0n) is 17.8. The largest absolute Gasteiger partial charge is 0.435 e. The number of anilines is 2. The van der Waals surface area contributed by atoms with Crippen LogP contribution in [-0.2, 0) is 4.79 Å². The Balaban J connectivity index is 1.39. The maximum absolute atomic E-state index is 13.2. The first kappa shape index (κ1) is 22.0. The molecule has 0 unspecified atom stereocenters. The molecule has 1 aliphatic carbocycles. The lowest BCUT2D eigenvalue weighted by Gasteiger charge is -2.36. The van der Waals surface area contributed by atoms with E-state index < -0.39 is 6.61 Å². The Morgan fingerprint density at radius 2 is 1.53 bits per heavy atom. The van der Waals surface area contributed by atoms with Gasteiger partial charge in [-0.25, -0.2) is 0 Å². The van der Waals surface area contributed by atoms with Gasteiger partial charge in [-0.3, -0.25) is 9.59 Å². The zero-order valence-corrected chi connectivity index (χ0v) is 17.8. The molecular formula is C24H27F2N3O3. The molecule has 2 amide bonds. The van der Waals surface area contributed by atoms with E-state index in [4.69, 9.17) is 0 Å². The number of nitrogens with zero attached hydrogens (tertiary/aromatic N) is 2. The molecule has 0 radical (unpaired) electrons. The highest BCUT2D eigenvalue weighted by Crippen LogP contribution is 2.28. The third kappa shape index (κ3) is 5.18. The van der Waals surface area contributed by atoms with Gasteiger partial charge in [0.25, 0.3) is 5.91 Å². The number of nitrogens with one attached hydrogen (secondary N) is 1. The minimum absolute atomic E-state index is 0.0694. The lowest BCUT2D eigenvalue weighted by Crippen LogP contribution is -2.51. The Kier molecular flexibility index (Phi) is 6.87. The summed E-state index contributed by atoms with van der Waals surface area (Å²) in [4.78, 5) is 29.5. The van der Waals surface area contributed by atoms with E-state index in [1.165, 1.54) is 12.1 Å². The van der Waals surface area contributed by atoms with Crippen LogP contribution in [0.2, 0.25) is 0 Å². The fraction of sp³-hybridized carbons (Fsp3) is 0.417. The van der Waals surface area contributed by atoms with E-state index in [0.717, 1.165) is 25.7 Å². The number of rotatable bonds is 6. The van der Waals surface area contributed by atoms with Gasteiger partial charge >= 0.3 is 6.61 Å². The third-order valence-electron chi connectivity index (χ3n) is 6.10. The first-order chi connectivity index (χ1) is 15.5. The minimum Gasteiger partial charge on any atom is -0.435 e. The molecule has 2 fully saturated rings. The Hall–Kier alpha value is -3.16. The zero-order chi connectivity index (χ0) is 22.5. The SMILES string of the molecule is O=C(c1ccccc1Nc1ccc(OC(F)F)cc1)N1CCN(C(=O)C2CCCC2)CC1. The van der Waals surface area contributed by atoms with Gasteiger partial charge in [-0.05, 0) is 49.2 Å². The molecule has 1 heterocycles. The highest BCUT2D eigenvalue weighted by atomic mass is 19.3. The number of carbonyl (C=O) groups excluding carboxylic acids is 2. The number of benzene rings is 2. The van der Waals surface area contributed by atoms with Crippen molar-refractivity contribution in [3.05, 3.63) is 54.1 Å². The number of ether oxygens (including phenoxy) is 1. The number of hydrogen-bond donors (Lipinski definition) is 1. The summed E-state index contributed by atoms with van der Waals surface area (Å²) in [6, 6.07) is 13.3. The van der Waals surface area contributed by atoms with Gasteiger partial charge in [0.15, 0.2) is 0 Å². The fourth-order valence-corrected chi connectivity index (χ4v) is 4.39. The summed E-state index contributed by atoms with van der Waals surface area (Å²) in [5.41, 5.74) is 1.80. The van der Waals surface area contributed by atoms with Gasteiger partial charge < -0.3 is 19.9 Å². The second-order valence-electron chi connectivity index (χ2n) is 8.17. The van der Waals surface area contributed by atoms with Crippen LogP contribution in [0.4, 0.5) is 20.2 Å². The molecule has 1 saturated heterocycles. The molecule has 8 heteroatoms. The van der Waals surface area contributed by atoms with Gasteiger partial charge in [0.2, 0.25) is 5.91 Å². The normalized spacial score (nSPS) is 17.0. The van der Waals surface area contributed by atoms with Gasteiger partial charge in [0, 0.05) is 37.8 Å². The summed E-state index contributed by atoms with van der Waals surface area (Å²) in [6.45, 7) is -0.748. The van der Waals surface area contributed by atoms with E-state index in [-0.39, 0.29) is 23.5 Å². The van der Waals surface area contributed by atoms with E-state index >= 15 is 0 Å².